The van der Waals surface area contributed by atoms with Crippen LogP contribution in [0.1, 0.15) is 18.4 Å². The van der Waals surface area contributed by atoms with E-state index in [4.69, 9.17) is 11.6 Å². The predicted molar refractivity (Wildman–Crippen MR) is 109 cm³/mol. The van der Waals surface area contributed by atoms with E-state index in [0.717, 1.165) is 17.4 Å². The molecule has 3 rings (SSSR count). The highest BCUT2D eigenvalue weighted by atomic mass is 35.5. The number of nitrogens with zero attached hydrogens (tertiary/aromatic N) is 1. The molecule has 1 aromatic heterocycles. The van der Waals surface area contributed by atoms with Crippen molar-refractivity contribution in [3.8, 4) is 0 Å². The van der Waals surface area contributed by atoms with Gasteiger partial charge >= 0.3 is 6.18 Å². The van der Waals surface area contributed by atoms with E-state index in [0.29, 0.717) is 25.9 Å². The fourth-order valence-electron chi connectivity index (χ4n) is 3.17. The van der Waals surface area contributed by atoms with Gasteiger partial charge in [-0.3, -0.25) is 9.69 Å². The second kappa shape index (κ2) is 9.23. The molecule has 1 aliphatic rings. The Morgan fingerprint density at radius 1 is 1.20 bits per heavy atom. The Hall–Kier alpha value is -1.66. The summed E-state index contributed by atoms with van der Waals surface area (Å²) in [5.74, 6) is -0.619. The Kier molecular flexibility index (Phi) is 7.08. The predicted octanol–water partition coefficient (Wildman–Crippen LogP) is 3.80. The molecule has 0 bridgehead atoms. The number of anilines is 1. The molecule has 1 saturated heterocycles. The molecule has 0 unspecified atom stereocenters. The summed E-state index contributed by atoms with van der Waals surface area (Å²) in [5.41, 5.74) is -1.47. The van der Waals surface area contributed by atoms with Crippen LogP contribution in [0.2, 0.25) is 5.02 Å². The first-order valence-electron chi connectivity index (χ1n) is 9.00. The van der Waals surface area contributed by atoms with Crippen molar-refractivity contribution in [3.63, 3.8) is 0 Å². The van der Waals surface area contributed by atoms with Crippen molar-refractivity contribution in [3.05, 3.63) is 46.3 Å². The van der Waals surface area contributed by atoms with E-state index < -0.39 is 33.4 Å². The molecule has 0 spiro atoms. The standard InChI is InChI=1S/C18H19ClF3N3O3S2/c19-14-4-1-3-13(18(20,21)22)17(14)23-15(26)11-25-8-6-12(7-9-25)24-30(27,28)16-5-2-10-29-16/h1-5,10,12,24H,6-9,11H2,(H,23,26). The van der Waals surface area contributed by atoms with Crippen LogP contribution in [-0.4, -0.2) is 44.9 Å². The van der Waals surface area contributed by atoms with Gasteiger partial charge in [-0.25, -0.2) is 13.1 Å². The van der Waals surface area contributed by atoms with Gasteiger partial charge in [0, 0.05) is 19.1 Å². The van der Waals surface area contributed by atoms with Gasteiger partial charge in [0.2, 0.25) is 15.9 Å². The Bertz CT molecular complexity index is 990. The van der Waals surface area contributed by atoms with Crippen LogP contribution in [-0.2, 0) is 21.0 Å². The summed E-state index contributed by atoms with van der Waals surface area (Å²) in [6.45, 7) is 0.742. The Morgan fingerprint density at radius 2 is 1.90 bits per heavy atom. The smallest absolute Gasteiger partial charge is 0.323 e. The van der Waals surface area contributed by atoms with E-state index in [1.165, 1.54) is 18.2 Å². The third-order valence-electron chi connectivity index (χ3n) is 4.62. The fraction of sp³-hybridized carbons (Fsp3) is 0.389. The summed E-state index contributed by atoms with van der Waals surface area (Å²) < 4.78 is 66.9. The summed E-state index contributed by atoms with van der Waals surface area (Å²) in [6, 6.07) is 6.21. The van der Waals surface area contributed by atoms with E-state index in [1.807, 2.05) is 0 Å². The van der Waals surface area contributed by atoms with E-state index >= 15 is 0 Å². The van der Waals surface area contributed by atoms with Gasteiger partial charge in [0.1, 0.15) is 4.21 Å². The molecule has 164 valence electrons. The van der Waals surface area contributed by atoms with Crippen molar-refractivity contribution in [2.75, 3.05) is 25.0 Å². The third kappa shape index (κ3) is 5.73. The van der Waals surface area contributed by atoms with Crippen LogP contribution in [0.4, 0.5) is 18.9 Å². The third-order valence-corrected chi connectivity index (χ3v) is 7.85. The minimum Gasteiger partial charge on any atom is -0.323 e. The monoisotopic (exact) mass is 481 g/mol. The molecule has 0 radical (unpaired) electrons. The van der Waals surface area contributed by atoms with Crippen LogP contribution in [0.25, 0.3) is 0 Å². The van der Waals surface area contributed by atoms with Crippen LogP contribution < -0.4 is 10.0 Å². The van der Waals surface area contributed by atoms with E-state index in [1.54, 1.807) is 16.3 Å². The van der Waals surface area contributed by atoms with Gasteiger partial charge in [-0.1, -0.05) is 23.7 Å². The Morgan fingerprint density at radius 3 is 2.50 bits per heavy atom. The maximum Gasteiger partial charge on any atom is 0.418 e. The first-order valence-corrected chi connectivity index (χ1v) is 11.7. The summed E-state index contributed by atoms with van der Waals surface area (Å²) in [6.07, 6.45) is -3.68. The summed E-state index contributed by atoms with van der Waals surface area (Å²) in [5, 5.41) is 3.74. The number of nitrogens with one attached hydrogen (secondary N) is 2. The molecule has 2 N–H and O–H groups in total. The van der Waals surface area contributed by atoms with Gasteiger partial charge in [0.15, 0.2) is 0 Å². The zero-order chi connectivity index (χ0) is 21.9. The summed E-state index contributed by atoms with van der Waals surface area (Å²) >= 11 is 6.98. The highest BCUT2D eigenvalue weighted by Gasteiger charge is 2.35. The fourth-order valence-corrected chi connectivity index (χ4v) is 5.71. The first-order chi connectivity index (χ1) is 14.1. The normalized spacial score (nSPS) is 16.5. The molecule has 2 heterocycles. The molecule has 1 aromatic carbocycles. The van der Waals surface area contributed by atoms with Crippen LogP contribution in [0.3, 0.4) is 0 Å². The lowest BCUT2D eigenvalue weighted by Gasteiger charge is -2.31. The summed E-state index contributed by atoms with van der Waals surface area (Å²) in [7, 11) is -3.57. The molecular weight excluding hydrogens is 463 g/mol. The van der Waals surface area contributed by atoms with E-state index in [9.17, 15) is 26.4 Å². The number of carbonyl (C=O) groups is 1. The maximum atomic E-state index is 13.1. The highest BCUT2D eigenvalue weighted by Crippen LogP contribution is 2.38. The lowest BCUT2D eigenvalue weighted by atomic mass is 10.1. The van der Waals surface area contributed by atoms with Crippen molar-refractivity contribution in [1.29, 1.82) is 0 Å². The van der Waals surface area contributed by atoms with Gasteiger partial charge in [-0.2, -0.15) is 13.2 Å². The average molecular weight is 482 g/mol. The van der Waals surface area contributed by atoms with Crippen LogP contribution in [0.15, 0.2) is 39.9 Å². The number of hydrogen-bond donors (Lipinski definition) is 2. The van der Waals surface area contributed by atoms with Crippen molar-refractivity contribution in [1.82, 2.24) is 9.62 Å². The Labute approximate surface area is 181 Å². The molecule has 0 atom stereocenters. The quantitative estimate of drug-likeness (QED) is 0.658. The lowest BCUT2D eigenvalue weighted by molar-refractivity contribution is -0.137. The minimum absolute atomic E-state index is 0.118. The summed E-state index contributed by atoms with van der Waals surface area (Å²) in [4.78, 5) is 14.0. The number of sulfonamides is 1. The molecular formula is C18H19ClF3N3O3S2. The number of halogens is 4. The number of alkyl halides is 3. The SMILES string of the molecule is O=C(CN1CCC(NS(=O)(=O)c2cccs2)CC1)Nc1c(Cl)cccc1C(F)(F)F. The number of likely N-dealkylation sites (tertiary alicyclic amines) is 1. The largest absolute Gasteiger partial charge is 0.418 e. The van der Waals surface area contributed by atoms with Gasteiger partial charge in [0.25, 0.3) is 0 Å². The highest BCUT2D eigenvalue weighted by molar-refractivity contribution is 7.91. The number of benzene rings is 1. The second-order valence-corrected chi connectivity index (χ2v) is 10.1. The molecule has 1 amide bonds. The van der Waals surface area contributed by atoms with Crippen LogP contribution in [0, 0.1) is 0 Å². The average Bonchev–Trinajstić information content (AvgIpc) is 3.20. The maximum absolute atomic E-state index is 13.1. The number of thiophene rings is 1. The number of carbonyl (C=O) groups excluding carboxylic acids is 1. The molecule has 6 nitrogen and oxygen atoms in total. The van der Waals surface area contributed by atoms with E-state index in [-0.39, 0.29) is 21.8 Å². The van der Waals surface area contributed by atoms with Gasteiger partial charge < -0.3 is 5.32 Å². The van der Waals surface area contributed by atoms with Crippen molar-refractivity contribution < 1.29 is 26.4 Å². The topological polar surface area (TPSA) is 78.5 Å². The van der Waals surface area contributed by atoms with Gasteiger partial charge in [0.05, 0.1) is 22.8 Å². The van der Waals surface area contributed by atoms with Gasteiger partial charge in [-0.05, 0) is 36.4 Å². The van der Waals surface area contributed by atoms with Crippen LogP contribution >= 0.6 is 22.9 Å². The second-order valence-electron chi connectivity index (χ2n) is 6.81. The Balaban J connectivity index is 1.54. The van der Waals surface area contributed by atoms with Crippen molar-refractivity contribution >= 4 is 44.6 Å². The van der Waals surface area contributed by atoms with E-state index in [2.05, 4.69) is 10.0 Å². The number of hydrogen-bond acceptors (Lipinski definition) is 5. The molecule has 0 saturated carbocycles. The molecule has 1 fully saturated rings. The molecule has 12 heteroatoms. The molecule has 30 heavy (non-hydrogen) atoms. The molecule has 0 aliphatic carbocycles. The minimum atomic E-state index is -4.65. The van der Waals surface area contributed by atoms with Crippen molar-refractivity contribution in [2.45, 2.75) is 29.3 Å². The zero-order valence-electron chi connectivity index (χ0n) is 15.6. The molecule has 1 aliphatic heterocycles. The first kappa shape index (κ1) is 23.0. The number of piperidine rings is 1. The number of amides is 1. The molecule has 2 aromatic rings. The van der Waals surface area contributed by atoms with Crippen LogP contribution in [0.5, 0.6) is 0 Å². The van der Waals surface area contributed by atoms with Gasteiger partial charge in [-0.15, -0.1) is 11.3 Å². The number of para-hydroxylation sites is 1. The zero-order valence-corrected chi connectivity index (χ0v) is 18.0. The lowest BCUT2D eigenvalue weighted by Crippen LogP contribution is -2.46. The van der Waals surface area contributed by atoms with Crippen molar-refractivity contribution in [2.24, 2.45) is 0 Å². The number of rotatable bonds is 6.